The molecule has 0 aromatic heterocycles. The van der Waals surface area contributed by atoms with Crippen molar-refractivity contribution >= 4 is 39.3 Å². The fourth-order valence-corrected chi connectivity index (χ4v) is 8.43. The molecule has 0 spiro atoms. The Kier molecular flexibility index (Phi) is 7.09. The van der Waals surface area contributed by atoms with Gasteiger partial charge < -0.3 is 5.11 Å². The van der Waals surface area contributed by atoms with E-state index in [2.05, 4.69) is 33.0 Å². The minimum atomic E-state index is -0.661. The van der Waals surface area contributed by atoms with E-state index in [0.717, 1.165) is 42.5 Å². The molecule has 0 radical (unpaired) electrons. The standard InChI is InChI=1S/C35H33BrN2O5/c1-19-15-29(40)32-27(33(19)41)17-25-23(30(32)26-16-21(36)7-10-28(26)39)8-9-24-31(25)35(43)38(34(24)42)22-11-13-37(14-12-22)18-20-5-3-2-4-6-20/h2-8,10,15-16,22,24-25,30-31,39H,9,11-14,17-18H2,1H3/t24-,25+,30+,31-/m0/s1. The number of amides is 2. The van der Waals surface area contributed by atoms with Gasteiger partial charge in [0.25, 0.3) is 0 Å². The number of carbonyl (C=O) groups is 4. The molecule has 2 heterocycles. The average Bonchev–Trinajstić information content (AvgIpc) is 3.26. The zero-order valence-electron chi connectivity index (χ0n) is 24.0. The summed E-state index contributed by atoms with van der Waals surface area (Å²) in [6.45, 7) is 4.10. The number of aromatic hydroxyl groups is 1. The Bertz CT molecular complexity index is 1650. The predicted molar refractivity (Wildman–Crippen MR) is 164 cm³/mol. The number of Topliss-reactive ketones (excluding diaryl/α,β-unsaturated/α-hetero) is 1. The molecular formula is C35H33BrN2O5. The molecule has 8 heteroatoms. The monoisotopic (exact) mass is 640 g/mol. The van der Waals surface area contributed by atoms with Crippen LogP contribution < -0.4 is 0 Å². The van der Waals surface area contributed by atoms with E-state index in [1.165, 1.54) is 11.6 Å². The summed E-state index contributed by atoms with van der Waals surface area (Å²) in [7, 11) is 0. The number of phenolic OH excluding ortho intramolecular Hbond substituents is 1. The van der Waals surface area contributed by atoms with E-state index in [0.29, 0.717) is 28.7 Å². The van der Waals surface area contributed by atoms with Gasteiger partial charge in [-0.1, -0.05) is 57.9 Å². The van der Waals surface area contributed by atoms with Crippen molar-refractivity contribution in [1.82, 2.24) is 9.80 Å². The maximum absolute atomic E-state index is 14.2. The van der Waals surface area contributed by atoms with Gasteiger partial charge in [0, 0.05) is 58.3 Å². The highest BCUT2D eigenvalue weighted by Crippen LogP contribution is 2.56. The maximum atomic E-state index is 14.2. The molecule has 2 saturated heterocycles. The lowest BCUT2D eigenvalue weighted by atomic mass is 9.59. The summed E-state index contributed by atoms with van der Waals surface area (Å²) in [5.74, 6) is -2.82. The zero-order valence-corrected chi connectivity index (χ0v) is 25.5. The third-order valence-corrected chi connectivity index (χ3v) is 10.6. The molecule has 2 aromatic carbocycles. The number of hydrogen-bond donors (Lipinski definition) is 1. The summed E-state index contributed by atoms with van der Waals surface area (Å²) in [4.78, 5) is 59.0. The molecule has 0 unspecified atom stereocenters. The average molecular weight is 642 g/mol. The van der Waals surface area contributed by atoms with E-state index in [4.69, 9.17) is 0 Å². The Morgan fingerprint density at radius 3 is 2.44 bits per heavy atom. The first-order valence-corrected chi connectivity index (χ1v) is 15.8. The van der Waals surface area contributed by atoms with Crippen molar-refractivity contribution in [2.45, 2.75) is 51.1 Å². The van der Waals surface area contributed by atoms with E-state index in [1.54, 1.807) is 30.0 Å². The second kappa shape index (κ2) is 10.8. The van der Waals surface area contributed by atoms with Gasteiger partial charge in [-0.05, 0) is 68.4 Å². The summed E-state index contributed by atoms with van der Waals surface area (Å²) >= 11 is 3.49. The van der Waals surface area contributed by atoms with E-state index in [-0.39, 0.29) is 41.6 Å². The van der Waals surface area contributed by atoms with Crippen LogP contribution in [0.25, 0.3) is 0 Å². The number of piperidine rings is 1. The summed E-state index contributed by atoms with van der Waals surface area (Å²) < 4.78 is 0.733. The molecule has 0 saturated carbocycles. The molecule has 7 rings (SSSR count). The van der Waals surface area contributed by atoms with Crippen LogP contribution in [-0.4, -0.2) is 57.4 Å². The van der Waals surface area contributed by atoms with Crippen LogP contribution in [0.5, 0.6) is 5.75 Å². The third-order valence-electron chi connectivity index (χ3n) is 10.1. The minimum Gasteiger partial charge on any atom is -0.508 e. The van der Waals surface area contributed by atoms with Gasteiger partial charge in [-0.3, -0.25) is 29.0 Å². The quantitative estimate of drug-likeness (QED) is 0.279. The zero-order chi connectivity index (χ0) is 30.0. The fourth-order valence-electron chi connectivity index (χ4n) is 8.06. The Morgan fingerprint density at radius 2 is 1.70 bits per heavy atom. The lowest BCUT2D eigenvalue weighted by molar-refractivity contribution is -0.144. The van der Waals surface area contributed by atoms with Gasteiger partial charge in [-0.15, -0.1) is 0 Å². The van der Waals surface area contributed by atoms with Gasteiger partial charge in [0.2, 0.25) is 11.8 Å². The summed E-state index contributed by atoms with van der Waals surface area (Å²) in [5, 5.41) is 11.0. The summed E-state index contributed by atoms with van der Waals surface area (Å²) in [6, 6.07) is 15.2. The van der Waals surface area contributed by atoms with Crippen LogP contribution in [0.4, 0.5) is 0 Å². The number of benzene rings is 2. The number of hydrogen-bond acceptors (Lipinski definition) is 6. The lowest BCUT2D eigenvalue weighted by Gasteiger charge is -2.42. The van der Waals surface area contributed by atoms with Crippen molar-refractivity contribution in [2.75, 3.05) is 13.1 Å². The number of nitrogens with zero attached hydrogens (tertiary/aromatic N) is 2. The Labute approximate surface area is 259 Å². The maximum Gasteiger partial charge on any atom is 0.233 e. The summed E-state index contributed by atoms with van der Waals surface area (Å²) in [6.07, 6.45) is 5.48. The van der Waals surface area contributed by atoms with E-state index < -0.39 is 23.7 Å². The van der Waals surface area contributed by atoms with Crippen molar-refractivity contribution in [3.63, 3.8) is 0 Å². The van der Waals surface area contributed by atoms with Crippen molar-refractivity contribution in [1.29, 1.82) is 0 Å². The molecule has 2 fully saturated rings. The number of phenols is 1. The number of allylic oxidation sites excluding steroid dienone is 6. The molecule has 2 amide bonds. The molecule has 220 valence electrons. The first kappa shape index (κ1) is 28.2. The Balaban J connectivity index is 1.19. The van der Waals surface area contributed by atoms with E-state index in [1.807, 2.05) is 24.3 Å². The van der Waals surface area contributed by atoms with Crippen molar-refractivity contribution < 1.29 is 24.3 Å². The second-order valence-corrected chi connectivity index (χ2v) is 13.4. The van der Waals surface area contributed by atoms with Gasteiger partial charge in [-0.2, -0.15) is 0 Å². The number of halogens is 1. The van der Waals surface area contributed by atoms with Crippen molar-refractivity contribution in [3.05, 3.63) is 98.6 Å². The van der Waals surface area contributed by atoms with E-state index >= 15 is 0 Å². The molecular weight excluding hydrogens is 608 g/mol. The molecule has 2 aliphatic heterocycles. The number of carbonyl (C=O) groups excluding carboxylic acids is 4. The van der Waals surface area contributed by atoms with Crippen LogP contribution >= 0.6 is 15.9 Å². The highest BCUT2D eigenvalue weighted by atomic mass is 79.9. The number of likely N-dealkylation sites (tertiary alicyclic amines) is 2. The van der Waals surface area contributed by atoms with Gasteiger partial charge in [-0.25, -0.2) is 0 Å². The predicted octanol–water partition coefficient (Wildman–Crippen LogP) is 5.25. The van der Waals surface area contributed by atoms with Crippen molar-refractivity contribution in [2.24, 2.45) is 17.8 Å². The third kappa shape index (κ3) is 4.66. The van der Waals surface area contributed by atoms with Crippen LogP contribution in [0.1, 0.15) is 49.7 Å². The lowest BCUT2D eigenvalue weighted by Crippen LogP contribution is -2.47. The Hall–Kier alpha value is -3.62. The molecule has 43 heavy (non-hydrogen) atoms. The first-order valence-electron chi connectivity index (χ1n) is 15.0. The minimum absolute atomic E-state index is 0.0213. The van der Waals surface area contributed by atoms with Crippen LogP contribution in [0.15, 0.2) is 87.4 Å². The van der Waals surface area contributed by atoms with Gasteiger partial charge in [0.1, 0.15) is 5.75 Å². The Morgan fingerprint density at radius 1 is 0.953 bits per heavy atom. The van der Waals surface area contributed by atoms with Crippen LogP contribution in [0, 0.1) is 17.8 Å². The highest BCUT2D eigenvalue weighted by Gasteiger charge is 2.57. The molecule has 1 N–H and O–H groups in total. The number of imide groups is 1. The molecule has 7 nitrogen and oxygen atoms in total. The highest BCUT2D eigenvalue weighted by molar-refractivity contribution is 9.10. The van der Waals surface area contributed by atoms with Crippen LogP contribution in [0.2, 0.25) is 0 Å². The van der Waals surface area contributed by atoms with Gasteiger partial charge in [0.05, 0.1) is 11.8 Å². The van der Waals surface area contributed by atoms with Gasteiger partial charge in [0.15, 0.2) is 11.6 Å². The van der Waals surface area contributed by atoms with Crippen LogP contribution in [-0.2, 0) is 25.7 Å². The van der Waals surface area contributed by atoms with Gasteiger partial charge >= 0.3 is 0 Å². The first-order chi connectivity index (χ1) is 20.7. The molecule has 2 aromatic rings. The number of rotatable bonds is 4. The normalized spacial score (nSPS) is 28.0. The van der Waals surface area contributed by atoms with Crippen molar-refractivity contribution in [3.8, 4) is 5.75 Å². The molecule has 5 aliphatic rings. The smallest absolute Gasteiger partial charge is 0.233 e. The fraction of sp³-hybridized carbons (Fsp3) is 0.371. The topological polar surface area (TPSA) is 95.0 Å². The number of fused-ring (bicyclic) bond motifs is 3. The molecule has 0 bridgehead atoms. The molecule has 3 aliphatic carbocycles. The largest absolute Gasteiger partial charge is 0.508 e. The van der Waals surface area contributed by atoms with E-state index in [9.17, 15) is 24.3 Å². The van der Waals surface area contributed by atoms with Crippen LogP contribution in [0.3, 0.4) is 0 Å². The molecule has 4 atom stereocenters. The summed E-state index contributed by atoms with van der Waals surface area (Å²) in [5.41, 5.74) is 3.78. The SMILES string of the molecule is CC1=CC(=O)C2=C(C[C@@H]3C(=CC[C@@H]4C(=O)N(C5CCN(Cc6ccccc6)CC5)C(=O)[C@@H]43)[C@@H]2c2cc(Br)ccc2O)C1=O. The number of ketones is 2. The second-order valence-electron chi connectivity index (χ2n) is 12.5.